The second kappa shape index (κ2) is 8.29. The van der Waals surface area contributed by atoms with Crippen molar-refractivity contribution in [1.29, 1.82) is 0 Å². The molecule has 180 valence electrons. The summed E-state index contributed by atoms with van der Waals surface area (Å²) in [5.41, 5.74) is 17.1. The molecule has 0 spiro atoms. The van der Waals surface area contributed by atoms with E-state index in [4.69, 9.17) is 16.2 Å². The second-order valence-corrected chi connectivity index (χ2v) is 10.4. The van der Waals surface area contributed by atoms with Crippen molar-refractivity contribution in [2.24, 2.45) is 16.9 Å². The van der Waals surface area contributed by atoms with Crippen molar-refractivity contribution in [3.63, 3.8) is 0 Å². The first-order valence-corrected chi connectivity index (χ1v) is 12.0. The van der Waals surface area contributed by atoms with Crippen molar-refractivity contribution >= 4 is 22.8 Å². The molecule has 3 aromatic rings. The van der Waals surface area contributed by atoms with Crippen LogP contribution in [0.25, 0.3) is 16.6 Å². The molecule has 2 aliphatic rings. The summed E-state index contributed by atoms with van der Waals surface area (Å²) in [5, 5.41) is 8.11. The number of hydrogen-bond donors (Lipinski definition) is 3. The Labute approximate surface area is 200 Å². The zero-order valence-corrected chi connectivity index (χ0v) is 20.2. The number of fused-ring (bicyclic) bond motifs is 1. The van der Waals surface area contributed by atoms with E-state index >= 15 is 0 Å². The predicted octanol–water partition coefficient (Wildman–Crippen LogP) is 3.25. The molecule has 3 heterocycles. The Balaban J connectivity index is 1.50. The Bertz CT molecular complexity index is 1210. The van der Waals surface area contributed by atoms with Crippen LogP contribution in [-0.4, -0.2) is 53.4 Å². The van der Waals surface area contributed by atoms with E-state index in [2.05, 4.69) is 66.4 Å². The lowest BCUT2D eigenvalue weighted by Crippen LogP contribution is -2.51. The zero-order valence-electron chi connectivity index (χ0n) is 20.2. The minimum Gasteiger partial charge on any atom is -0.379 e. The fourth-order valence-corrected chi connectivity index (χ4v) is 5.19. The molecule has 1 amide bonds. The summed E-state index contributed by atoms with van der Waals surface area (Å²) in [4.78, 5) is 14.6. The van der Waals surface area contributed by atoms with Gasteiger partial charge >= 0.3 is 0 Å². The molecule has 8 nitrogen and oxygen atoms in total. The molecular weight excluding hydrogens is 428 g/mol. The first-order chi connectivity index (χ1) is 16.2. The van der Waals surface area contributed by atoms with Crippen molar-refractivity contribution in [2.75, 3.05) is 36.5 Å². The number of nitrogens with one attached hydrogen (secondary N) is 1. The maximum absolute atomic E-state index is 12.3. The number of hydrogen-bond acceptors (Lipinski definition) is 6. The van der Waals surface area contributed by atoms with Gasteiger partial charge in [0.1, 0.15) is 0 Å². The second-order valence-electron chi connectivity index (χ2n) is 10.4. The first kappa shape index (κ1) is 22.7. The van der Waals surface area contributed by atoms with Crippen LogP contribution in [0.15, 0.2) is 42.7 Å². The van der Waals surface area contributed by atoms with E-state index < -0.39 is 5.91 Å². The molecule has 0 bridgehead atoms. The maximum Gasteiger partial charge on any atom is 0.252 e. The van der Waals surface area contributed by atoms with Gasteiger partial charge < -0.3 is 26.4 Å². The van der Waals surface area contributed by atoms with Gasteiger partial charge in [-0.15, -0.1) is 0 Å². The highest BCUT2D eigenvalue weighted by molar-refractivity contribution is 6.02. The molecule has 1 aliphatic heterocycles. The number of morpholine rings is 1. The first-order valence-electron chi connectivity index (χ1n) is 12.0. The van der Waals surface area contributed by atoms with Crippen LogP contribution in [0.5, 0.6) is 0 Å². The van der Waals surface area contributed by atoms with E-state index in [1.165, 1.54) is 5.69 Å². The van der Waals surface area contributed by atoms with Crippen LogP contribution in [0.4, 0.5) is 11.4 Å². The van der Waals surface area contributed by atoms with Gasteiger partial charge in [0.05, 0.1) is 36.2 Å². The van der Waals surface area contributed by atoms with Crippen LogP contribution in [-0.2, 0) is 4.74 Å². The fraction of sp³-hybridized carbons (Fsp3) is 0.462. The number of anilines is 2. The number of primary amides is 1. The van der Waals surface area contributed by atoms with Crippen LogP contribution in [0.2, 0.25) is 0 Å². The van der Waals surface area contributed by atoms with Gasteiger partial charge in [-0.25, -0.2) is 4.52 Å². The van der Waals surface area contributed by atoms with E-state index in [9.17, 15) is 4.79 Å². The van der Waals surface area contributed by atoms with E-state index in [-0.39, 0.29) is 17.0 Å². The summed E-state index contributed by atoms with van der Waals surface area (Å²) in [6, 6.07) is 10.7. The molecular formula is C26H34N6O2. The van der Waals surface area contributed by atoms with E-state index in [0.717, 1.165) is 61.5 Å². The standard InChI is InChI=1S/C26H34N6O2/c1-25(2)22(8-9-26(25,3)28)30-23-20(24(27)33)15-29-32-16-18(14-21(23)32)17-4-6-19(7-5-17)31-10-12-34-13-11-31/h4-7,14-16,22,30H,8-13,28H2,1-3H3,(H2,27,33)/t22-,26+/m1/s1. The van der Waals surface area contributed by atoms with Crippen LogP contribution >= 0.6 is 0 Å². The van der Waals surface area contributed by atoms with Crippen molar-refractivity contribution < 1.29 is 9.53 Å². The summed E-state index contributed by atoms with van der Waals surface area (Å²) in [5.74, 6) is -0.499. The number of carbonyl (C=O) groups excluding carboxylic acids is 1. The summed E-state index contributed by atoms with van der Waals surface area (Å²) < 4.78 is 7.27. The summed E-state index contributed by atoms with van der Waals surface area (Å²) in [6.07, 6.45) is 5.37. The van der Waals surface area contributed by atoms with Gasteiger partial charge in [-0.1, -0.05) is 26.0 Å². The number of benzene rings is 1. The number of nitrogens with two attached hydrogens (primary N) is 2. The molecule has 5 rings (SSSR count). The molecule has 0 radical (unpaired) electrons. The lowest BCUT2D eigenvalue weighted by molar-refractivity contribution is 0.100. The van der Waals surface area contributed by atoms with Crippen molar-refractivity contribution in [1.82, 2.24) is 9.61 Å². The third-order valence-corrected chi connectivity index (χ3v) is 8.09. The normalized spacial score (nSPS) is 24.5. The van der Waals surface area contributed by atoms with Crippen LogP contribution in [0, 0.1) is 5.41 Å². The number of aromatic nitrogens is 2. The third kappa shape index (κ3) is 3.80. The number of amides is 1. The quantitative estimate of drug-likeness (QED) is 0.537. The number of carbonyl (C=O) groups is 1. The molecule has 1 saturated carbocycles. The predicted molar refractivity (Wildman–Crippen MR) is 135 cm³/mol. The maximum atomic E-state index is 12.3. The molecule has 1 aliphatic carbocycles. The molecule has 8 heteroatoms. The lowest BCUT2D eigenvalue weighted by Gasteiger charge is -2.39. The van der Waals surface area contributed by atoms with Crippen molar-refractivity contribution in [3.05, 3.63) is 48.3 Å². The molecule has 5 N–H and O–H groups in total. The number of nitrogens with zero attached hydrogens (tertiary/aromatic N) is 3. The Morgan fingerprint density at radius 3 is 2.47 bits per heavy atom. The minimum atomic E-state index is -0.499. The summed E-state index contributed by atoms with van der Waals surface area (Å²) in [6.45, 7) is 9.79. The molecule has 1 saturated heterocycles. The molecule has 2 fully saturated rings. The van der Waals surface area contributed by atoms with E-state index in [1.807, 2.05) is 10.7 Å². The van der Waals surface area contributed by atoms with E-state index in [0.29, 0.717) is 5.56 Å². The number of rotatable bonds is 5. The SMILES string of the molecule is CC1(C)[C@H](Nc2c(C(N)=O)cnn3cc(-c4ccc(N5CCOCC5)cc4)cc23)CC[C@]1(C)N. The molecule has 34 heavy (non-hydrogen) atoms. The molecule has 0 unspecified atom stereocenters. The van der Waals surface area contributed by atoms with Crippen LogP contribution in [0.3, 0.4) is 0 Å². The Morgan fingerprint density at radius 2 is 1.85 bits per heavy atom. The molecule has 2 atom stereocenters. The monoisotopic (exact) mass is 462 g/mol. The highest BCUT2D eigenvalue weighted by Crippen LogP contribution is 2.46. The Hall–Kier alpha value is -3.10. The average molecular weight is 463 g/mol. The fourth-order valence-electron chi connectivity index (χ4n) is 5.19. The molecule has 1 aromatic carbocycles. The van der Waals surface area contributed by atoms with Gasteiger partial charge in [-0.05, 0) is 43.5 Å². The Kier molecular flexibility index (Phi) is 5.53. The van der Waals surface area contributed by atoms with Gasteiger partial charge in [0, 0.05) is 47.5 Å². The number of ether oxygens (including phenoxy) is 1. The highest BCUT2D eigenvalue weighted by atomic mass is 16.5. The van der Waals surface area contributed by atoms with Crippen molar-refractivity contribution in [3.8, 4) is 11.1 Å². The lowest BCUT2D eigenvalue weighted by atomic mass is 9.75. The van der Waals surface area contributed by atoms with Crippen molar-refractivity contribution in [2.45, 2.75) is 45.2 Å². The van der Waals surface area contributed by atoms with E-state index in [1.54, 1.807) is 6.20 Å². The van der Waals surface area contributed by atoms with Gasteiger partial charge in [0.25, 0.3) is 5.91 Å². The summed E-state index contributed by atoms with van der Waals surface area (Å²) in [7, 11) is 0. The molecule has 2 aromatic heterocycles. The largest absolute Gasteiger partial charge is 0.379 e. The van der Waals surface area contributed by atoms with Gasteiger partial charge in [0.15, 0.2) is 0 Å². The Morgan fingerprint density at radius 1 is 1.15 bits per heavy atom. The van der Waals surface area contributed by atoms with Gasteiger partial charge in [0.2, 0.25) is 0 Å². The third-order valence-electron chi connectivity index (χ3n) is 8.09. The van der Waals surface area contributed by atoms with Crippen LogP contribution < -0.4 is 21.7 Å². The zero-order chi connectivity index (χ0) is 24.1. The highest BCUT2D eigenvalue weighted by Gasteiger charge is 2.49. The summed E-state index contributed by atoms with van der Waals surface area (Å²) >= 11 is 0. The van der Waals surface area contributed by atoms with Crippen LogP contribution in [0.1, 0.15) is 44.0 Å². The average Bonchev–Trinajstić information content (AvgIpc) is 3.34. The van der Waals surface area contributed by atoms with Gasteiger partial charge in [-0.3, -0.25) is 4.79 Å². The minimum absolute atomic E-state index is 0.109. The van der Waals surface area contributed by atoms with Gasteiger partial charge in [-0.2, -0.15) is 5.10 Å². The topological polar surface area (TPSA) is 111 Å². The smallest absolute Gasteiger partial charge is 0.252 e.